The summed E-state index contributed by atoms with van der Waals surface area (Å²) >= 11 is 0. The van der Waals surface area contributed by atoms with Gasteiger partial charge < -0.3 is 20.6 Å². The van der Waals surface area contributed by atoms with Crippen LogP contribution in [0, 0.1) is 0 Å². The number of hydrogen-bond donors (Lipinski definition) is 4. The van der Waals surface area contributed by atoms with E-state index in [9.17, 15) is 22.8 Å². The van der Waals surface area contributed by atoms with Gasteiger partial charge >= 0.3 is 12.1 Å². The van der Waals surface area contributed by atoms with Gasteiger partial charge in [-0.05, 0) is 31.9 Å². The molecule has 0 aromatic carbocycles. The predicted molar refractivity (Wildman–Crippen MR) is 87.2 cm³/mol. The van der Waals surface area contributed by atoms with Crippen LogP contribution in [0.3, 0.4) is 0 Å². The first-order chi connectivity index (χ1) is 12.1. The van der Waals surface area contributed by atoms with Crippen LogP contribution in [0.2, 0.25) is 0 Å². The number of pyridine rings is 1. The van der Waals surface area contributed by atoms with Crippen molar-refractivity contribution in [2.45, 2.75) is 38.8 Å². The van der Waals surface area contributed by atoms with E-state index in [-0.39, 0.29) is 11.7 Å². The van der Waals surface area contributed by atoms with Crippen LogP contribution in [0.4, 0.5) is 19.0 Å². The number of unbranched alkanes of at least 4 members (excludes halogenated alkanes) is 2. The molecule has 0 fully saturated rings. The van der Waals surface area contributed by atoms with Crippen molar-refractivity contribution < 1.29 is 32.7 Å². The SMILES string of the molecule is CC(=O)CCCCCNC(=O)c1ccc(NN)nc1.O=C(O)C(F)(F)F. The van der Waals surface area contributed by atoms with Crippen LogP contribution in [0.1, 0.15) is 43.0 Å². The fourth-order valence-corrected chi connectivity index (χ4v) is 1.59. The van der Waals surface area contributed by atoms with Crippen molar-refractivity contribution in [2.75, 3.05) is 12.0 Å². The zero-order chi connectivity index (χ0) is 20.2. The van der Waals surface area contributed by atoms with Gasteiger partial charge in [-0.3, -0.25) is 4.79 Å². The number of carbonyl (C=O) groups is 3. The van der Waals surface area contributed by atoms with Gasteiger partial charge in [-0.2, -0.15) is 13.2 Å². The number of nitrogens with two attached hydrogens (primary N) is 1. The second-order valence-corrected chi connectivity index (χ2v) is 5.15. The Morgan fingerprint density at radius 2 is 1.81 bits per heavy atom. The van der Waals surface area contributed by atoms with Gasteiger partial charge in [0.25, 0.3) is 5.91 Å². The van der Waals surface area contributed by atoms with Gasteiger partial charge in [-0.15, -0.1) is 0 Å². The number of aliphatic carboxylic acids is 1. The number of rotatable bonds is 8. The van der Waals surface area contributed by atoms with E-state index >= 15 is 0 Å². The van der Waals surface area contributed by atoms with E-state index in [0.717, 1.165) is 19.3 Å². The highest BCUT2D eigenvalue weighted by atomic mass is 19.4. The fourth-order valence-electron chi connectivity index (χ4n) is 1.59. The number of nitrogens with zero attached hydrogens (tertiary/aromatic N) is 1. The van der Waals surface area contributed by atoms with Crippen LogP contribution >= 0.6 is 0 Å². The number of anilines is 1. The lowest BCUT2D eigenvalue weighted by molar-refractivity contribution is -0.192. The maximum Gasteiger partial charge on any atom is 0.490 e. The molecule has 26 heavy (non-hydrogen) atoms. The Bertz CT molecular complexity index is 592. The molecule has 8 nitrogen and oxygen atoms in total. The molecule has 1 rings (SSSR count). The molecule has 5 N–H and O–H groups in total. The summed E-state index contributed by atoms with van der Waals surface area (Å²) in [6.45, 7) is 2.20. The van der Waals surface area contributed by atoms with E-state index in [0.29, 0.717) is 24.3 Å². The van der Waals surface area contributed by atoms with E-state index in [4.69, 9.17) is 15.7 Å². The van der Waals surface area contributed by atoms with Gasteiger partial charge in [-0.1, -0.05) is 6.42 Å². The molecule has 0 atom stereocenters. The molecule has 0 aliphatic rings. The number of carboxylic acid groups (broad SMARTS) is 1. The molecule has 0 bridgehead atoms. The molecule has 0 aliphatic heterocycles. The maximum atomic E-state index is 11.7. The first-order valence-electron chi connectivity index (χ1n) is 7.58. The molecular formula is C15H21F3N4O4. The Morgan fingerprint density at radius 1 is 1.19 bits per heavy atom. The summed E-state index contributed by atoms with van der Waals surface area (Å²) in [5.74, 6) is 3.01. The zero-order valence-corrected chi connectivity index (χ0v) is 14.1. The average molecular weight is 378 g/mol. The smallest absolute Gasteiger partial charge is 0.475 e. The molecule has 1 heterocycles. The highest BCUT2D eigenvalue weighted by molar-refractivity contribution is 5.94. The molecular weight excluding hydrogens is 357 g/mol. The number of carboxylic acids is 1. The molecule has 146 valence electrons. The van der Waals surface area contributed by atoms with E-state index in [1.165, 1.54) is 6.20 Å². The number of nitrogens with one attached hydrogen (secondary N) is 2. The zero-order valence-electron chi connectivity index (χ0n) is 14.1. The molecule has 1 aromatic heterocycles. The van der Waals surface area contributed by atoms with Crippen molar-refractivity contribution in [1.29, 1.82) is 0 Å². The lowest BCUT2D eigenvalue weighted by Crippen LogP contribution is -2.24. The molecule has 0 saturated carbocycles. The highest BCUT2D eigenvalue weighted by Gasteiger charge is 2.38. The Morgan fingerprint density at radius 3 is 2.23 bits per heavy atom. The summed E-state index contributed by atoms with van der Waals surface area (Å²) in [5.41, 5.74) is 2.90. The molecule has 0 aliphatic carbocycles. The molecule has 0 radical (unpaired) electrons. The molecule has 1 aromatic rings. The highest BCUT2D eigenvalue weighted by Crippen LogP contribution is 2.13. The van der Waals surface area contributed by atoms with E-state index in [1.807, 2.05) is 0 Å². The topological polar surface area (TPSA) is 134 Å². The molecule has 11 heteroatoms. The van der Waals surface area contributed by atoms with E-state index in [1.54, 1.807) is 19.1 Å². The van der Waals surface area contributed by atoms with Crippen LogP contribution in [0.15, 0.2) is 18.3 Å². The average Bonchev–Trinajstić information content (AvgIpc) is 2.57. The minimum atomic E-state index is -5.08. The Balaban J connectivity index is 0.000000758. The number of carbonyl (C=O) groups excluding carboxylic acids is 2. The lowest BCUT2D eigenvalue weighted by Gasteiger charge is -2.05. The summed E-state index contributed by atoms with van der Waals surface area (Å²) < 4.78 is 31.7. The van der Waals surface area contributed by atoms with Gasteiger partial charge in [0, 0.05) is 19.2 Å². The fraction of sp³-hybridized carbons (Fsp3) is 0.467. The van der Waals surface area contributed by atoms with E-state index < -0.39 is 12.1 Å². The van der Waals surface area contributed by atoms with Gasteiger partial charge in [0.05, 0.1) is 5.56 Å². The van der Waals surface area contributed by atoms with Crippen LogP contribution < -0.4 is 16.6 Å². The summed E-state index contributed by atoms with van der Waals surface area (Å²) in [5, 5.41) is 9.93. The quantitative estimate of drug-likeness (QED) is 0.308. The van der Waals surface area contributed by atoms with Crippen molar-refractivity contribution >= 4 is 23.5 Å². The Kier molecular flexibility index (Phi) is 10.6. The Labute approximate surface area is 147 Å². The number of nitrogen functional groups attached to an aromatic ring is 1. The predicted octanol–water partition coefficient (Wildman–Crippen LogP) is 1.88. The van der Waals surface area contributed by atoms with E-state index in [2.05, 4.69) is 15.7 Å². The van der Waals surface area contributed by atoms with Crippen molar-refractivity contribution in [3.63, 3.8) is 0 Å². The number of aromatic nitrogens is 1. The lowest BCUT2D eigenvalue weighted by atomic mass is 10.1. The summed E-state index contributed by atoms with van der Waals surface area (Å²) in [4.78, 5) is 35.3. The minimum Gasteiger partial charge on any atom is -0.475 e. The number of halogens is 3. The van der Waals surface area contributed by atoms with Gasteiger partial charge in [-0.25, -0.2) is 15.6 Å². The monoisotopic (exact) mass is 378 g/mol. The van der Waals surface area contributed by atoms with Crippen molar-refractivity contribution in [1.82, 2.24) is 10.3 Å². The van der Waals surface area contributed by atoms with Crippen LogP contribution in [-0.2, 0) is 9.59 Å². The number of hydrogen-bond acceptors (Lipinski definition) is 6. The minimum absolute atomic E-state index is 0.150. The molecule has 1 amide bonds. The second-order valence-electron chi connectivity index (χ2n) is 5.15. The number of ketones is 1. The molecule has 0 saturated heterocycles. The van der Waals surface area contributed by atoms with Crippen molar-refractivity contribution in [2.24, 2.45) is 5.84 Å². The van der Waals surface area contributed by atoms with Gasteiger partial charge in [0.2, 0.25) is 0 Å². The summed E-state index contributed by atoms with van der Waals surface area (Å²) in [6.07, 6.45) is -0.307. The summed E-state index contributed by atoms with van der Waals surface area (Å²) in [7, 11) is 0. The Hall–Kier alpha value is -2.69. The first-order valence-corrected chi connectivity index (χ1v) is 7.58. The van der Waals surface area contributed by atoms with Crippen molar-refractivity contribution in [3.05, 3.63) is 23.9 Å². The number of hydrazine groups is 1. The van der Waals surface area contributed by atoms with Gasteiger partial charge in [0.1, 0.15) is 11.6 Å². The third-order valence-electron chi connectivity index (χ3n) is 2.91. The first kappa shape index (κ1) is 23.3. The molecule has 0 unspecified atom stereocenters. The second kappa shape index (κ2) is 11.8. The number of amides is 1. The van der Waals surface area contributed by atoms with Crippen molar-refractivity contribution in [3.8, 4) is 0 Å². The number of Topliss-reactive ketones (excluding diaryl/α,β-unsaturated/α-hetero) is 1. The van der Waals surface area contributed by atoms with Crippen LogP contribution in [0.25, 0.3) is 0 Å². The van der Waals surface area contributed by atoms with Crippen LogP contribution in [0.5, 0.6) is 0 Å². The summed E-state index contributed by atoms with van der Waals surface area (Å²) in [6, 6.07) is 3.30. The third-order valence-corrected chi connectivity index (χ3v) is 2.91. The molecule has 0 spiro atoms. The third kappa shape index (κ3) is 11.0. The maximum absolute atomic E-state index is 11.7. The van der Waals surface area contributed by atoms with Gasteiger partial charge in [0.15, 0.2) is 0 Å². The number of alkyl halides is 3. The normalized spacial score (nSPS) is 10.3. The largest absolute Gasteiger partial charge is 0.490 e. The van der Waals surface area contributed by atoms with Crippen LogP contribution in [-0.4, -0.2) is 40.5 Å². The standard InChI is InChI=1S/C13H20N4O2.C2HF3O2/c1-10(18)5-3-2-4-8-15-13(19)11-6-7-12(17-14)16-9-11;3-2(4,5)1(6)7/h6-7,9H,2-5,8,14H2,1H3,(H,15,19)(H,16,17);(H,6,7).